The molecule has 5 heteroatoms. The molecule has 1 atom stereocenters. The summed E-state index contributed by atoms with van der Waals surface area (Å²) in [6, 6.07) is 3.33. The van der Waals surface area contributed by atoms with Crippen molar-refractivity contribution in [2.45, 2.75) is 44.6 Å². The number of likely N-dealkylation sites (N-methyl/N-ethyl adjacent to an activating group) is 1. The van der Waals surface area contributed by atoms with Crippen LogP contribution in [0.25, 0.3) is 0 Å². The molecule has 0 radical (unpaired) electrons. The molecule has 3 nitrogen and oxygen atoms in total. The van der Waals surface area contributed by atoms with Gasteiger partial charge in [-0.25, -0.2) is 8.78 Å². The van der Waals surface area contributed by atoms with Crippen LogP contribution in [-0.2, 0) is 4.79 Å². The van der Waals surface area contributed by atoms with Gasteiger partial charge in [-0.1, -0.05) is 25.3 Å². The Balaban J connectivity index is 1.96. The Morgan fingerprint density at radius 1 is 1.22 bits per heavy atom. The summed E-state index contributed by atoms with van der Waals surface area (Å²) < 4.78 is 28.0. The van der Waals surface area contributed by atoms with E-state index in [1.54, 1.807) is 19.0 Å². The van der Waals surface area contributed by atoms with Crippen LogP contribution in [0.4, 0.5) is 8.78 Å². The fourth-order valence-electron chi connectivity index (χ4n) is 3.31. The predicted molar refractivity (Wildman–Crippen MR) is 87.0 cm³/mol. The third-order valence-electron chi connectivity index (χ3n) is 4.65. The molecule has 0 aromatic heterocycles. The standard InChI is InChI=1S/C18H26F2N2O/c1-22(2)16(18-14(19)9-6-10-15(18)20)12-21-17(23)11-13-7-4-3-5-8-13/h6,9-10,13,16H,3-5,7-8,11-12H2,1-2H3,(H,21,23). The van der Waals surface area contributed by atoms with E-state index in [0.29, 0.717) is 12.3 Å². The van der Waals surface area contributed by atoms with Gasteiger partial charge in [0.05, 0.1) is 6.04 Å². The first-order valence-corrected chi connectivity index (χ1v) is 8.36. The average Bonchev–Trinajstić information content (AvgIpc) is 2.50. The number of carbonyl (C=O) groups excluding carboxylic acids is 1. The van der Waals surface area contributed by atoms with Crippen molar-refractivity contribution in [3.05, 3.63) is 35.4 Å². The molecule has 1 amide bonds. The van der Waals surface area contributed by atoms with Crippen LogP contribution in [0.3, 0.4) is 0 Å². The summed E-state index contributed by atoms with van der Waals surface area (Å²) >= 11 is 0. The summed E-state index contributed by atoms with van der Waals surface area (Å²) in [5, 5.41) is 2.85. The highest BCUT2D eigenvalue weighted by molar-refractivity contribution is 5.76. The van der Waals surface area contributed by atoms with Crippen LogP contribution in [0.15, 0.2) is 18.2 Å². The summed E-state index contributed by atoms with van der Waals surface area (Å²) in [6.45, 7) is 0.205. The molecule has 0 aliphatic heterocycles. The summed E-state index contributed by atoms with van der Waals surface area (Å²) in [4.78, 5) is 13.8. The quantitative estimate of drug-likeness (QED) is 0.866. The summed E-state index contributed by atoms with van der Waals surface area (Å²) in [7, 11) is 3.51. The Morgan fingerprint density at radius 2 is 1.83 bits per heavy atom. The van der Waals surface area contributed by atoms with Crippen molar-refractivity contribution in [3.8, 4) is 0 Å². The molecule has 0 saturated heterocycles. The lowest BCUT2D eigenvalue weighted by Crippen LogP contribution is -2.36. The van der Waals surface area contributed by atoms with E-state index in [0.717, 1.165) is 12.8 Å². The number of nitrogens with one attached hydrogen (secondary N) is 1. The second kappa shape index (κ2) is 8.39. The minimum Gasteiger partial charge on any atom is -0.354 e. The number of halogens is 2. The molecule has 1 fully saturated rings. The molecule has 0 heterocycles. The molecular weight excluding hydrogens is 298 g/mol. The molecule has 1 N–H and O–H groups in total. The molecule has 1 aliphatic rings. The molecule has 1 aliphatic carbocycles. The molecule has 1 saturated carbocycles. The fraction of sp³-hybridized carbons (Fsp3) is 0.611. The van der Waals surface area contributed by atoms with Crippen LogP contribution >= 0.6 is 0 Å². The Morgan fingerprint density at radius 3 is 2.39 bits per heavy atom. The minimum absolute atomic E-state index is 0.00969. The van der Waals surface area contributed by atoms with Gasteiger partial charge in [0, 0.05) is 18.5 Å². The molecule has 2 rings (SSSR count). The number of benzene rings is 1. The van der Waals surface area contributed by atoms with E-state index in [1.165, 1.54) is 37.5 Å². The van der Waals surface area contributed by atoms with E-state index in [-0.39, 0.29) is 18.0 Å². The molecule has 1 aromatic carbocycles. The predicted octanol–water partition coefficient (Wildman–Crippen LogP) is 3.65. The Bertz CT molecular complexity index is 508. The molecule has 0 spiro atoms. The van der Waals surface area contributed by atoms with Gasteiger partial charge in [0.15, 0.2) is 0 Å². The Hall–Kier alpha value is -1.49. The van der Waals surface area contributed by atoms with Crippen molar-refractivity contribution in [1.29, 1.82) is 0 Å². The SMILES string of the molecule is CN(C)C(CNC(=O)CC1CCCCC1)c1c(F)cccc1F. The van der Waals surface area contributed by atoms with Gasteiger partial charge in [0.2, 0.25) is 5.91 Å². The van der Waals surface area contributed by atoms with E-state index < -0.39 is 17.7 Å². The van der Waals surface area contributed by atoms with Gasteiger partial charge in [-0.3, -0.25) is 4.79 Å². The third kappa shape index (κ3) is 4.99. The monoisotopic (exact) mass is 324 g/mol. The lowest BCUT2D eigenvalue weighted by molar-refractivity contribution is -0.122. The van der Waals surface area contributed by atoms with Gasteiger partial charge < -0.3 is 10.2 Å². The number of amides is 1. The first-order valence-electron chi connectivity index (χ1n) is 8.36. The van der Waals surface area contributed by atoms with E-state index in [4.69, 9.17) is 0 Å². The van der Waals surface area contributed by atoms with Crippen LogP contribution < -0.4 is 5.32 Å². The average molecular weight is 324 g/mol. The molecule has 0 bridgehead atoms. The van der Waals surface area contributed by atoms with E-state index in [2.05, 4.69) is 5.32 Å². The lowest BCUT2D eigenvalue weighted by Gasteiger charge is -2.26. The van der Waals surface area contributed by atoms with E-state index >= 15 is 0 Å². The molecule has 23 heavy (non-hydrogen) atoms. The van der Waals surface area contributed by atoms with Crippen LogP contribution in [0.2, 0.25) is 0 Å². The third-order valence-corrected chi connectivity index (χ3v) is 4.65. The molecule has 1 unspecified atom stereocenters. The van der Waals surface area contributed by atoms with Crippen molar-refractivity contribution in [3.63, 3.8) is 0 Å². The van der Waals surface area contributed by atoms with Crippen LogP contribution in [0, 0.1) is 17.6 Å². The molecular formula is C18H26F2N2O. The fourth-order valence-corrected chi connectivity index (χ4v) is 3.31. The van der Waals surface area contributed by atoms with Crippen molar-refractivity contribution >= 4 is 5.91 Å². The van der Waals surface area contributed by atoms with E-state index in [1.807, 2.05) is 0 Å². The number of hydrogen-bond donors (Lipinski definition) is 1. The lowest BCUT2D eigenvalue weighted by atomic mass is 9.87. The second-order valence-corrected chi connectivity index (χ2v) is 6.63. The zero-order valence-electron chi connectivity index (χ0n) is 13.9. The highest BCUT2D eigenvalue weighted by atomic mass is 19.1. The molecule has 1 aromatic rings. The maximum absolute atomic E-state index is 14.0. The number of carbonyl (C=O) groups is 1. The van der Waals surface area contributed by atoms with Crippen LogP contribution in [0.1, 0.15) is 50.1 Å². The number of hydrogen-bond acceptors (Lipinski definition) is 2. The van der Waals surface area contributed by atoms with Gasteiger partial charge in [-0.15, -0.1) is 0 Å². The first kappa shape index (κ1) is 17.9. The highest BCUT2D eigenvalue weighted by Crippen LogP contribution is 2.27. The highest BCUT2D eigenvalue weighted by Gasteiger charge is 2.23. The topological polar surface area (TPSA) is 32.3 Å². The summed E-state index contributed by atoms with van der Waals surface area (Å²) in [5.41, 5.74) is 0.00969. The Labute approximate surface area is 137 Å². The molecule has 128 valence electrons. The van der Waals surface area contributed by atoms with Gasteiger partial charge in [0.25, 0.3) is 0 Å². The van der Waals surface area contributed by atoms with Crippen LogP contribution in [-0.4, -0.2) is 31.4 Å². The van der Waals surface area contributed by atoms with Gasteiger partial charge in [-0.05, 0) is 45.0 Å². The van der Waals surface area contributed by atoms with Crippen LogP contribution in [0.5, 0.6) is 0 Å². The minimum atomic E-state index is -0.578. The van der Waals surface area contributed by atoms with Crippen molar-refractivity contribution in [1.82, 2.24) is 10.2 Å². The van der Waals surface area contributed by atoms with Gasteiger partial charge >= 0.3 is 0 Å². The van der Waals surface area contributed by atoms with Crippen molar-refractivity contribution < 1.29 is 13.6 Å². The summed E-state index contributed by atoms with van der Waals surface area (Å²) in [6.07, 6.45) is 6.36. The largest absolute Gasteiger partial charge is 0.354 e. The van der Waals surface area contributed by atoms with E-state index in [9.17, 15) is 13.6 Å². The number of rotatable bonds is 6. The normalized spacial score (nSPS) is 17.3. The maximum atomic E-state index is 14.0. The summed E-state index contributed by atoms with van der Waals surface area (Å²) in [5.74, 6) is -0.734. The first-order chi connectivity index (χ1) is 11.0. The maximum Gasteiger partial charge on any atom is 0.220 e. The second-order valence-electron chi connectivity index (χ2n) is 6.63. The Kier molecular flexibility index (Phi) is 6.51. The zero-order chi connectivity index (χ0) is 16.8. The van der Waals surface area contributed by atoms with Gasteiger partial charge in [0.1, 0.15) is 11.6 Å². The van der Waals surface area contributed by atoms with Crippen molar-refractivity contribution in [2.24, 2.45) is 5.92 Å². The number of nitrogens with zero attached hydrogens (tertiary/aromatic N) is 1. The van der Waals surface area contributed by atoms with Crippen molar-refractivity contribution in [2.75, 3.05) is 20.6 Å². The van der Waals surface area contributed by atoms with Gasteiger partial charge in [-0.2, -0.15) is 0 Å². The smallest absolute Gasteiger partial charge is 0.220 e. The zero-order valence-corrected chi connectivity index (χ0v) is 13.9.